The van der Waals surface area contributed by atoms with Crippen molar-refractivity contribution < 1.29 is 9.53 Å². The molecule has 1 atom stereocenters. The first-order chi connectivity index (χ1) is 11.1. The molecule has 0 aromatic carbocycles. The standard InChI is InChI=1S/C18H31N3O2/c1-5-13(6-2)16(23-4)11-12-19-18(22)17-14-9-7-8-10-15(14)21(3)20-17/h13,16H,5-12H2,1-4H3,(H,19,22). The molecule has 1 aromatic rings. The summed E-state index contributed by atoms with van der Waals surface area (Å²) in [6, 6.07) is 0. The second-order valence-corrected chi connectivity index (χ2v) is 6.50. The fraction of sp³-hybridized carbons (Fsp3) is 0.778. The van der Waals surface area contributed by atoms with Gasteiger partial charge < -0.3 is 10.1 Å². The molecule has 5 nitrogen and oxygen atoms in total. The van der Waals surface area contributed by atoms with Crippen LogP contribution in [0.1, 0.15) is 67.7 Å². The Morgan fingerprint density at radius 1 is 1.30 bits per heavy atom. The molecular weight excluding hydrogens is 290 g/mol. The van der Waals surface area contributed by atoms with E-state index in [0.29, 0.717) is 18.2 Å². The molecule has 5 heteroatoms. The zero-order valence-electron chi connectivity index (χ0n) is 15.0. The lowest BCUT2D eigenvalue weighted by atomic mass is 9.94. The molecule has 2 rings (SSSR count). The predicted octanol–water partition coefficient (Wildman–Crippen LogP) is 2.87. The van der Waals surface area contributed by atoms with Gasteiger partial charge in [0.05, 0.1) is 6.10 Å². The first kappa shape index (κ1) is 18.0. The van der Waals surface area contributed by atoms with Gasteiger partial charge >= 0.3 is 0 Å². The summed E-state index contributed by atoms with van der Waals surface area (Å²) in [5.74, 6) is 0.516. The molecule has 1 aliphatic rings. The van der Waals surface area contributed by atoms with Crippen LogP contribution in [0.4, 0.5) is 0 Å². The summed E-state index contributed by atoms with van der Waals surface area (Å²) in [5.41, 5.74) is 3.01. The minimum atomic E-state index is -0.0387. The van der Waals surface area contributed by atoms with Crippen molar-refractivity contribution in [3.05, 3.63) is 17.0 Å². The topological polar surface area (TPSA) is 56.2 Å². The summed E-state index contributed by atoms with van der Waals surface area (Å²) >= 11 is 0. The molecule has 1 heterocycles. The monoisotopic (exact) mass is 321 g/mol. The Balaban J connectivity index is 1.93. The van der Waals surface area contributed by atoms with Gasteiger partial charge in [-0.2, -0.15) is 5.10 Å². The Morgan fingerprint density at radius 2 is 2.00 bits per heavy atom. The molecule has 130 valence electrons. The Labute approximate surface area is 139 Å². The van der Waals surface area contributed by atoms with Crippen LogP contribution in [0.5, 0.6) is 0 Å². The summed E-state index contributed by atoms with van der Waals surface area (Å²) in [4.78, 5) is 12.5. The zero-order valence-corrected chi connectivity index (χ0v) is 15.0. The van der Waals surface area contributed by atoms with E-state index in [1.165, 1.54) is 12.1 Å². The fourth-order valence-corrected chi connectivity index (χ4v) is 3.73. The molecule has 23 heavy (non-hydrogen) atoms. The van der Waals surface area contributed by atoms with E-state index in [0.717, 1.165) is 44.1 Å². The molecule has 0 bridgehead atoms. The maximum atomic E-state index is 12.5. The summed E-state index contributed by atoms with van der Waals surface area (Å²) in [7, 11) is 3.70. The van der Waals surface area contributed by atoms with Gasteiger partial charge in [0.25, 0.3) is 5.91 Å². The van der Waals surface area contributed by atoms with E-state index >= 15 is 0 Å². The van der Waals surface area contributed by atoms with Crippen molar-refractivity contribution in [1.29, 1.82) is 0 Å². The quantitative estimate of drug-likeness (QED) is 0.801. The number of methoxy groups -OCH3 is 1. The van der Waals surface area contributed by atoms with E-state index in [-0.39, 0.29) is 12.0 Å². The van der Waals surface area contributed by atoms with Crippen LogP contribution in [0, 0.1) is 5.92 Å². The van der Waals surface area contributed by atoms with Crippen LogP contribution in [0.25, 0.3) is 0 Å². The van der Waals surface area contributed by atoms with Gasteiger partial charge in [0.15, 0.2) is 5.69 Å². The van der Waals surface area contributed by atoms with Crippen molar-refractivity contribution in [2.75, 3.05) is 13.7 Å². The number of ether oxygens (including phenoxy) is 1. The van der Waals surface area contributed by atoms with E-state index in [9.17, 15) is 4.79 Å². The van der Waals surface area contributed by atoms with Crippen molar-refractivity contribution in [2.45, 2.75) is 64.9 Å². The van der Waals surface area contributed by atoms with Gasteiger partial charge in [-0.25, -0.2) is 0 Å². The Bertz CT molecular complexity index is 521. The third-order valence-corrected chi connectivity index (χ3v) is 5.17. The lowest BCUT2D eigenvalue weighted by molar-refractivity contribution is 0.0420. The molecule has 1 aromatic heterocycles. The van der Waals surface area contributed by atoms with E-state index in [4.69, 9.17) is 4.74 Å². The number of hydrogen-bond acceptors (Lipinski definition) is 3. The predicted molar refractivity (Wildman–Crippen MR) is 91.7 cm³/mol. The van der Waals surface area contributed by atoms with Crippen LogP contribution in [0.3, 0.4) is 0 Å². The number of carbonyl (C=O) groups excluding carboxylic acids is 1. The van der Waals surface area contributed by atoms with Crippen LogP contribution in [-0.2, 0) is 24.6 Å². The molecule has 1 amide bonds. The highest BCUT2D eigenvalue weighted by atomic mass is 16.5. The first-order valence-electron chi connectivity index (χ1n) is 8.98. The van der Waals surface area contributed by atoms with E-state index < -0.39 is 0 Å². The third-order valence-electron chi connectivity index (χ3n) is 5.17. The van der Waals surface area contributed by atoms with Gasteiger partial charge in [-0.1, -0.05) is 26.7 Å². The smallest absolute Gasteiger partial charge is 0.272 e. The molecule has 1 aliphatic carbocycles. The zero-order chi connectivity index (χ0) is 16.8. The molecule has 1 N–H and O–H groups in total. The van der Waals surface area contributed by atoms with Crippen LogP contribution in [0.15, 0.2) is 0 Å². The minimum absolute atomic E-state index is 0.0387. The molecule has 0 aliphatic heterocycles. The number of aryl methyl sites for hydroxylation is 1. The summed E-state index contributed by atoms with van der Waals surface area (Å²) in [5, 5.41) is 7.49. The second kappa shape index (κ2) is 8.48. The maximum Gasteiger partial charge on any atom is 0.272 e. The summed E-state index contributed by atoms with van der Waals surface area (Å²) in [6.45, 7) is 5.02. The van der Waals surface area contributed by atoms with Crippen molar-refractivity contribution in [3.8, 4) is 0 Å². The molecular formula is C18H31N3O2. The maximum absolute atomic E-state index is 12.5. The number of aromatic nitrogens is 2. The van der Waals surface area contributed by atoms with E-state index in [1.54, 1.807) is 7.11 Å². The number of hydrogen-bond donors (Lipinski definition) is 1. The number of nitrogens with one attached hydrogen (secondary N) is 1. The lowest BCUT2D eigenvalue weighted by Crippen LogP contribution is -2.31. The summed E-state index contributed by atoms with van der Waals surface area (Å²) < 4.78 is 7.49. The molecule has 0 radical (unpaired) electrons. The Morgan fingerprint density at radius 3 is 2.65 bits per heavy atom. The van der Waals surface area contributed by atoms with Crippen molar-refractivity contribution in [1.82, 2.24) is 15.1 Å². The highest BCUT2D eigenvalue weighted by molar-refractivity contribution is 5.94. The number of nitrogens with zero attached hydrogens (tertiary/aromatic N) is 2. The van der Waals surface area contributed by atoms with Gasteiger partial charge in [-0.15, -0.1) is 0 Å². The van der Waals surface area contributed by atoms with Crippen LogP contribution >= 0.6 is 0 Å². The second-order valence-electron chi connectivity index (χ2n) is 6.50. The average Bonchev–Trinajstić information content (AvgIpc) is 2.91. The number of amides is 1. The van der Waals surface area contributed by atoms with E-state index in [2.05, 4.69) is 24.3 Å². The van der Waals surface area contributed by atoms with Gasteiger partial charge in [0.1, 0.15) is 0 Å². The Hall–Kier alpha value is -1.36. The van der Waals surface area contributed by atoms with E-state index in [1.807, 2.05) is 11.7 Å². The molecule has 1 unspecified atom stereocenters. The highest BCUT2D eigenvalue weighted by Gasteiger charge is 2.24. The SMILES string of the molecule is CCC(CC)C(CCNC(=O)c1nn(C)c2c1CCCC2)OC. The average molecular weight is 321 g/mol. The van der Waals surface area contributed by atoms with Gasteiger partial charge in [-0.05, 0) is 38.0 Å². The minimum Gasteiger partial charge on any atom is -0.381 e. The number of fused-ring (bicyclic) bond motifs is 1. The van der Waals surface area contributed by atoms with Crippen molar-refractivity contribution >= 4 is 5.91 Å². The van der Waals surface area contributed by atoms with Crippen molar-refractivity contribution in [3.63, 3.8) is 0 Å². The first-order valence-corrected chi connectivity index (χ1v) is 8.98. The lowest BCUT2D eigenvalue weighted by Gasteiger charge is -2.24. The third kappa shape index (κ3) is 4.14. The van der Waals surface area contributed by atoms with Gasteiger partial charge in [0.2, 0.25) is 0 Å². The molecule has 0 spiro atoms. The highest BCUT2D eigenvalue weighted by Crippen LogP contribution is 2.24. The van der Waals surface area contributed by atoms with Crippen LogP contribution in [0.2, 0.25) is 0 Å². The largest absolute Gasteiger partial charge is 0.381 e. The number of carbonyl (C=O) groups is 1. The van der Waals surface area contributed by atoms with Crippen molar-refractivity contribution in [2.24, 2.45) is 13.0 Å². The Kier molecular flexibility index (Phi) is 6.63. The van der Waals surface area contributed by atoms with Crippen LogP contribution in [-0.4, -0.2) is 35.4 Å². The van der Waals surface area contributed by atoms with Gasteiger partial charge in [0, 0.05) is 32.0 Å². The van der Waals surface area contributed by atoms with Crippen LogP contribution < -0.4 is 5.32 Å². The van der Waals surface area contributed by atoms with Gasteiger partial charge in [-0.3, -0.25) is 9.48 Å². The number of rotatable bonds is 8. The molecule has 0 saturated carbocycles. The normalized spacial score (nSPS) is 15.5. The fourth-order valence-electron chi connectivity index (χ4n) is 3.73. The summed E-state index contributed by atoms with van der Waals surface area (Å²) in [6.07, 6.45) is 7.63. The molecule has 0 saturated heterocycles. The molecule has 0 fully saturated rings.